The van der Waals surface area contributed by atoms with E-state index < -0.39 is 0 Å². The predicted molar refractivity (Wildman–Crippen MR) is 121 cm³/mol. The highest BCUT2D eigenvalue weighted by Gasteiger charge is 2.22. The van der Waals surface area contributed by atoms with E-state index in [9.17, 15) is 4.39 Å². The molecule has 2 heterocycles. The number of morpholine rings is 1. The quantitative estimate of drug-likeness (QED) is 0.495. The summed E-state index contributed by atoms with van der Waals surface area (Å²) in [5, 5.41) is 7.88. The van der Waals surface area contributed by atoms with E-state index in [-0.39, 0.29) is 11.9 Å². The van der Waals surface area contributed by atoms with Crippen molar-refractivity contribution in [2.24, 2.45) is 4.99 Å². The molecule has 1 unspecified atom stereocenters. The van der Waals surface area contributed by atoms with Crippen molar-refractivity contribution in [1.82, 2.24) is 20.5 Å². The maximum atomic E-state index is 13.4. The summed E-state index contributed by atoms with van der Waals surface area (Å²) >= 11 is 1.75. The Bertz CT molecular complexity index is 817. The third-order valence-corrected chi connectivity index (χ3v) is 6.28. The second kappa shape index (κ2) is 11.4. The first kappa shape index (κ1) is 22.7. The number of nitrogens with one attached hydrogen (secondary N) is 2. The van der Waals surface area contributed by atoms with E-state index in [1.165, 1.54) is 17.0 Å². The fourth-order valence-corrected chi connectivity index (χ4v) is 4.56. The van der Waals surface area contributed by atoms with Gasteiger partial charge in [0, 0.05) is 37.5 Å². The van der Waals surface area contributed by atoms with Gasteiger partial charge < -0.3 is 15.4 Å². The lowest BCUT2D eigenvalue weighted by Gasteiger charge is -2.34. The number of aliphatic imine (C=N–C) groups is 1. The molecule has 2 aromatic rings. The van der Waals surface area contributed by atoms with Crippen LogP contribution >= 0.6 is 11.3 Å². The maximum absolute atomic E-state index is 13.4. The lowest BCUT2D eigenvalue weighted by atomic mass is 10.0. The Balaban J connectivity index is 1.66. The van der Waals surface area contributed by atoms with Crippen LogP contribution in [0.25, 0.3) is 0 Å². The van der Waals surface area contributed by atoms with E-state index in [1.807, 2.05) is 19.1 Å². The molecule has 8 heteroatoms. The van der Waals surface area contributed by atoms with Gasteiger partial charge in [0.25, 0.3) is 0 Å². The molecule has 0 radical (unpaired) electrons. The van der Waals surface area contributed by atoms with Crippen molar-refractivity contribution >= 4 is 17.3 Å². The van der Waals surface area contributed by atoms with Crippen LogP contribution < -0.4 is 10.6 Å². The SMILES string of the molecule is CCNC(=NCC(c1ccc(F)cc1)N1CCOCC1)NCCc1sc(C)nc1C. The van der Waals surface area contributed by atoms with Crippen molar-refractivity contribution < 1.29 is 9.13 Å². The van der Waals surface area contributed by atoms with Gasteiger partial charge in [-0.25, -0.2) is 9.37 Å². The summed E-state index contributed by atoms with van der Waals surface area (Å²) in [5.74, 6) is 0.586. The molecule has 6 nitrogen and oxygen atoms in total. The van der Waals surface area contributed by atoms with Crippen LogP contribution in [0.3, 0.4) is 0 Å². The molecular formula is C22H32FN5OS. The van der Waals surface area contributed by atoms with Gasteiger partial charge in [-0.3, -0.25) is 9.89 Å². The zero-order chi connectivity index (χ0) is 21.3. The highest BCUT2D eigenvalue weighted by atomic mass is 32.1. The fourth-order valence-electron chi connectivity index (χ4n) is 3.63. The Labute approximate surface area is 182 Å². The van der Waals surface area contributed by atoms with E-state index in [0.29, 0.717) is 19.8 Å². The molecular weight excluding hydrogens is 401 g/mol. The normalized spacial score (nSPS) is 16.5. The number of thiazole rings is 1. The van der Waals surface area contributed by atoms with Gasteiger partial charge in [0.1, 0.15) is 5.82 Å². The van der Waals surface area contributed by atoms with Crippen molar-refractivity contribution in [3.63, 3.8) is 0 Å². The fraction of sp³-hybridized carbons (Fsp3) is 0.545. The first-order chi connectivity index (χ1) is 14.6. The second-order valence-electron chi connectivity index (χ2n) is 7.35. The molecule has 0 amide bonds. The molecule has 164 valence electrons. The standard InChI is InChI=1S/C22H32FN5OS/c1-4-24-22(25-10-9-21-16(2)27-17(3)30-21)26-15-20(28-11-13-29-14-12-28)18-5-7-19(23)8-6-18/h5-8,20H,4,9-15H2,1-3H3,(H2,24,25,26). The lowest BCUT2D eigenvalue weighted by molar-refractivity contribution is 0.0179. The van der Waals surface area contributed by atoms with E-state index >= 15 is 0 Å². The van der Waals surface area contributed by atoms with Crippen LogP contribution in [0.5, 0.6) is 0 Å². The van der Waals surface area contributed by atoms with Crippen LogP contribution in [0.2, 0.25) is 0 Å². The summed E-state index contributed by atoms with van der Waals surface area (Å²) in [5.41, 5.74) is 2.19. The number of hydrogen-bond acceptors (Lipinski definition) is 5. The van der Waals surface area contributed by atoms with Crippen molar-refractivity contribution in [3.05, 3.63) is 51.2 Å². The third kappa shape index (κ3) is 6.48. The summed E-state index contributed by atoms with van der Waals surface area (Å²) in [6.07, 6.45) is 0.923. The van der Waals surface area contributed by atoms with Gasteiger partial charge >= 0.3 is 0 Å². The van der Waals surface area contributed by atoms with E-state index in [2.05, 4.69) is 34.4 Å². The maximum Gasteiger partial charge on any atom is 0.191 e. The average molecular weight is 434 g/mol. The predicted octanol–water partition coefficient (Wildman–Crippen LogP) is 3.07. The van der Waals surface area contributed by atoms with Crippen LogP contribution in [0.15, 0.2) is 29.3 Å². The summed E-state index contributed by atoms with van der Waals surface area (Å²) in [7, 11) is 0. The van der Waals surface area contributed by atoms with Gasteiger partial charge in [-0.1, -0.05) is 12.1 Å². The molecule has 0 aliphatic carbocycles. The smallest absolute Gasteiger partial charge is 0.191 e. The molecule has 1 aromatic heterocycles. The Hall–Kier alpha value is -2.03. The van der Waals surface area contributed by atoms with E-state index in [4.69, 9.17) is 9.73 Å². The molecule has 1 saturated heterocycles. The number of ether oxygens (including phenoxy) is 1. The minimum Gasteiger partial charge on any atom is -0.379 e. The number of hydrogen-bond donors (Lipinski definition) is 2. The van der Waals surface area contributed by atoms with Crippen LogP contribution in [-0.4, -0.2) is 61.8 Å². The molecule has 0 spiro atoms. The monoisotopic (exact) mass is 433 g/mol. The molecule has 2 N–H and O–H groups in total. The van der Waals surface area contributed by atoms with Gasteiger partial charge in [-0.05, 0) is 38.5 Å². The van der Waals surface area contributed by atoms with Crippen LogP contribution in [0, 0.1) is 19.7 Å². The first-order valence-electron chi connectivity index (χ1n) is 10.6. The summed E-state index contributed by atoms with van der Waals surface area (Å²) < 4.78 is 18.9. The van der Waals surface area contributed by atoms with E-state index in [1.54, 1.807) is 11.3 Å². The Kier molecular flexibility index (Phi) is 8.60. The Morgan fingerprint density at radius 1 is 1.23 bits per heavy atom. The van der Waals surface area contributed by atoms with Gasteiger partial charge in [0.2, 0.25) is 0 Å². The molecule has 0 saturated carbocycles. The number of halogens is 1. The van der Waals surface area contributed by atoms with Crippen LogP contribution in [0.1, 0.15) is 34.1 Å². The van der Waals surface area contributed by atoms with Gasteiger partial charge in [-0.2, -0.15) is 0 Å². The summed E-state index contributed by atoms with van der Waals surface area (Å²) in [6, 6.07) is 6.86. The molecule has 30 heavy (non-hydrogen) atoms. The molecule has 0 bridgehead atoms. The van der Waals surface area contributed by atoms with E-state index in [0.717, 1.165) is 54.8 Å². The largest absolute Gasteiger partial charge is 0.379 e. The summed E-state index contributed by atoms with van der Waals surface area (Å²) in [6.45, 7) is 11.5. The molecule has 1 fully saturated rings. The second-order valence-corrected chi connectivity index (χ2v) is 8.64. The summed E-state index contributed by atoms with van der Waals surface area (Å²) in [4.78, 5) is 13.0. The van der Waals surface area contributed by atoms with Gasteiger partial charge in [0.15, 0.2) is 5.96 Å². The molecule has 1 aliphatic rings. The molecule has 1 aromatic carbocycles. The van der Waals surface area contributed by atoms with Gasteiger partial charge in [0.05, 0.1) is 36.5 Å². The zero-order valence-electron chi connectivity index (χ0n) is 18.1. The van der Waals surface area contributed by atoms with Crippen LogP contribution in [0.4, 0.5) is 4.39 Å². The molecule has 1 aliphatic heterocycles. The van der Waals surface area contributed by atoms with Gasteiger partial charge in [-0.15, -0.1) is 11.3 Å². The van der Waals surface area contributed by atoms with Crippen molar-refractivity contribution in [1.29, 1.82) is 0 Å². The minimum absolute atomic E-state index is 0.0938. The van der Waals surface area contributed by atoms with Crippen LogP contribution in [-0.2, 0) is 11.2 Å². The Morgan fingerprint density at radius 2 is 1.97 bits per heavy atom. The number of nitrogens with zero attached hydrogens (tertiary/aromatic N) is 3. The molecule has 3 rings (SSSR count). The van der Waals surface area contributed by atoms with Crippen molar-refractivity contribution in [2.45, 2.75) is 33.2 Å². The topological polar surface area (TPSA) is 61.8 Å². The Morgan fingerprint density at radius 3 is 2.60 bits per heavy atom. The lowest BCUT2D eigenvalue weighted by Crippen LogP contribution is -2.42. The number of benzene rings is 1. The number of aromatic nitrogens is 1. The number of aryl methyl sites for hydroxylation is 2. The minimum atomic E-state index is -0.216. The van der Waals surface area contributed by atoms with Crippen molar-refractivity contribution in [2.75, 3.05) is 45.9 Å². The van der Waals surface area contributed by atoms with Crippen molar-refractivity contribution in [3.8, 4) is 0 Å². The molecule has 1 atom stereocenters. The number of rotatable bonds is 8. The third-order valence-electron chi connectivity index (χ3n) is 5.15. The highest BCUT2D eigenvalue weighted by Crippen LogP contribution is 2.23. The first-order valence-corrected chi connectivity index (χ1v) is 11.4. The highest BCUT2D eigenvalue weighted by molar-refractivity contribution is 7.11. The average Bonchev–Trinajstić information content (AvgIpc) is 3.07. The zero-order valence-corrected chi connectivity index (χ0v) is 18.9. The number of guanidine groups is 1.